The summed E-state index contributed by atoms with van der Waals surface area (Å²) in [5.41, 5.74) is -0.743. The highest BCUT2D eigenvalue weighted by atomic mass is 32.2. The van der Waals surface area contributed by atoms with Crippen LogP contribution in [0.3, 0.4) is 0 Å². The van der Waals surface area contributed by atoms with Crippen LogP contribution in [-0.2, 0) is 4.79 Å². The van der Waals surface area contributed by atoms with Gasteiger partial charge in [-0.2, -0.15) is 0 Å². The van der Waals surface area contributed by atoms with E-state index in [0.29, 0.717) is 6.54 Å². The Morgan fingerprint density at radius 1 is 1.19 bits per heavy atom. The molecule has 1 amide bonds. The molecule has 0 bridgehead atoms. The second-order valence-electron chi connectivity index (χ2n) is 5.66. The number of nitrogens with one attached hydrogen (secondary N) is 1. The SMILES string of the molecule is O=C(CSc1ccc(F)cc1)NCC1(O)CCCCCC1. The number of amides is 1. The molecule has 0 spiro atoms. The summed E-state index contributed by atoms with van der Waals surface area (Å²) in [5, 5.41) is 13.3. The van der Waals surface area contributed by atoms with E-state index in [1.165, 1.54) is 23.9 Å². The molecule has 1 fully saturated rings. The molecule has 0 unspecified atom stereocenters. The van der Waals surface area contributed by atoms with E-state index in [-0.39, 0.29) is 17.5 Å². The first-order chi connectivity index (χ1) is 10.1. The van der Waals surface area contributed by atoms with Gasteiger partial charge in [0.05, 0.1) is 11.4 Å². The van der Waals surface area contributed by atoms with Crippen molar-refractivity contribution in [3.05, 3.63) is 30.1 Å². The van der Waals surface area contributed by atoms with Crippen LogP contribution in [0, 0.1) is 5.82 Å². The summed E-state index contributed by atoms with van der Waals surface area (Å²) in [7, 11) is 0. The van der Waals surface area contributed by atoms with E-state index in [1.807, 2.05) is 0 Å². The molecule has 1 aromatic carbocycles. The molecule has 1 aliphatic rings. The van der Waals surface area contributed by atoms with Crippen LogP contribution in [0.5, 0.6) is 0 Å². The minimum atomic E-state index is -0.743. The molecule has 1 aliphatic carbocycles. The predicted molar refractivity (Wildman–Crippen MR) is 82.8 cm³/mol. The average molecular weight is 311 g/mol. The first-order valence-electron chi connectivity index (χ1n) is 7.45. The van der Waals surface area contributed by atoms with Gasteiger partial charge in [0.25, 0.3) is 0 Å². The molecule has 0 atom stereocenters. The Kier molecular flexibility index (Phi) is 6.06. The fourth-order valence-electron chi connectivity index (χ4n) is 2.56. The minimum absolute atomic E-state index is 0.0954. The van der Waals surface area contributed by atoms with Gasteiger partial charge in [-0.05, 0) is 37.1 Å². The number of thioether (sulfide) groups is 1. The number of rotatable bonds is 5. The van der Waals surface area contributed by atoms with Crippen molar-refractivity contribution in [2.24, 2.45) is 0 Å². The highest BCUT2D eigenvalue weighted by molar-refractivity contribution is 8.00. The van der Waals surface area contributed by atoms with Gasteiger partial charge in [-0.15, -0.1) is 11.8 Å². The van der Waals surface area contributed by atoms with Crippen molar-refractivity contribution in [1.82, 2.24) is 5.32 Å². The second-order valence-corrected chi connectivity index (χ2v) is 6.71. The molecule has 3 nitrogen and oxygen atoms in total. The molecule has 0 radical (unpaired) electrons. The van der Waals surface area contributed by atoms with Crippen LogP contribution < -0.4 is 5.32 Å². The van der Waals surface area contributed by atoms with Crippen LogP contribution in [-0.4, -0.2) is 28.9 Å². The fraction of sp³-hybridized carbons (Fsp3) is 0.562. The summed E-state index contributed by atoms with van der Waals surface area (Å²) in [6.07, 6.45) is 5.90. The summed E-state index contributed by atoms with van der Waals surface area (Å²) in [4.78, 5) is 12.7. The molecular formula is C16H22FNO2S. The van der Waals surface area contributed by atoms with E-state index in [0.717, 1.165) is 43.4 Å². The van der Waals surface area contributed by atoms with Gasteiger partial charge in [-0.1, -0.05) is 25.7 Å². The van der Waals surface area contributed by atoms with Crippen LogP contribution in [0.25, 0.3) is 0 Å². The summed E-state index contributed by atoms with van der Waals surface area (Å²) in [5.74, 6) is -0.0942. The first-order valence-corrected chi connectivity index (χ1v) is 8.43. The molecular weight excluding hydrogens is 289 g/mol. The van der Waals surface area contributed by atoms with Crippen LogP contribution in [0.4, 0.5) is 4.39 Å². The zero-order valence-corrected chi connectivity index (χ0v) is 12.9. The number of hydrogen-bond donors (Lipinski definition) is 2. The number of halogens is 1. The summed E-state index contributed by atoms with van der Waals surface area (Å²) in [6.45, 7) is 0.329. The van der Waals surface area contributed by atoms with Gasteiger partial charge >= 0.3 is 0 Å². The van der Waals surface area contributed by atoms with Gasteiger partial charge in [-0.25, -0.2) is 4.39 Å². The number of carbonyl (C=O) groups is 1. The lowest BCUT2D eigenvalue weighted by atomic mass is 9.94. The van der Waals surface area contributed by atoms with Crippen LogP contribution >= 0.6 is 11.8 Å². The molecule has 116 valence electrons. The van der Waals surface area contributed by atoms with Gasteiger partial charge in [0, 0.05) is 11.4 Å². The van der Waals surface area contributed by atoms with Gasteiger partial charge in [0.2, 0.25) is 5.91 Å². The molecule has 5 heteroatoms. The summed E-state index contributed by atoms with van der Waals surface area (Å²) < 4.78 is 12.8. The van der Waals surface area contributed by atoms with Crippen molar-refractivity contribution in [2.45, 2.75) is 49.0 Å². The summed E-state index contributed by atoms with van der Waals surface area (Å²) >= 11 is 1.37. The van der Waals surface area contributed by atoms with E-state index in [9.17, 15) is 14.3 Å². The van der Waals surface area contributed by atoms with E-state index >= 15 is 0 Å². The number of hydrogen-bond acceptors (Lipinski definition) is 3. The molecule has 1 saturated carbocycles. The van der Waals surface area contributed by atoms with Gasteiger partial charge in [0.1, 0.15) is 5.82 Å². The Labute approximate surface area is 129 Å². The van der Waals surface area contributed by atoms with Gasteiger partial charge in [0.15, 0.2) is 0 Å². The van der Waals surface area contributed by atoms with E-state index < -0.39 is 5.60 Å². The smallest absolute Gasteiger partial charge is 0.230 e. The van der Waals surface area contributed by atoms with Crippen molar-refractivity contribution >= 4 is 17.7 Å². The van der Waals surface area contributed by atoms with Crippen molar-refractivity contribution in [3.63, 3.8) is 0 Å². The van der Waals surface area contributed by atoms with Gasteiger partial charge in [-0.3, -0.25) is 4.79 Å². The van der Waals surface area contributed by atoms with Crippen molar-refractivity contribution in [3.8, 4) is 0 Å². The Bertz CT molecular complexity index is 456. The number of benzene rings is 1. The average Bonchev–Trinajstić information content (AvgIpc) is 2.70. The molecule has 0 aromatic heterocycles. The zero-order valence-electron chi connectivity index (χ0n) is 12.1. The lowest BCUT2D eigenvalue weighted by Gasteiger charge is -2.26. The molecule has 0 heterocycles. The maximum Gasteiger partial charge on any atom is 0.230 e. The Morgan fingerprint density at radius 2 is 1.81 bits per heavy atom. The lowest BCUT2D eigenvalue weighted by molar-refractivity contribution is -0.120. The Morgan fingerprint density at radius 3 is 2.43 bits per heavy atom. The maximum atomic E-state index is 12.8. The van der Waals surface area contributed by atoms with Crippen molar-refractivity contribution in [2.75, 3.05) is 12.3 Å². The maximum absolute atomic E-state index is 12.8. The van der Waals surface area contributed by atoms with E-state index in [2.05, 4.69) is 5.32 Å². The minimum Gasteiger partial charge on any atom is -0.388 e. The zero-order chi connectivity index (χ0) is 15.1. The number of aliphatic hydroxyl groups is 1. The number of carbonyl (C=O) groups excluding carboxylic acids is 1. The van der Waals surface area contributed by atoms with E-state index in [4.69, 9.17) is 0 Å². The van der Waals surface area contributed by atoms with Crippen LogP contribution in [0.1, 0.15) is 38.5 Å². The molecule has 2 rings (SSSR count). The lowest BCUT2D eigenvalue weighted by Crippen LogP contribution is -2.43. The van der Waals surface area contributed by atoms with Crippen LogP contribution in [0.2, 0.25) is 0 Å². The highest BCUT2D eigenvalue weighted by Crippen LogP contribution is 2.26. The standard InChI is InChI=1S/C16H22FNO2S/c17-13-5-7-14(8-6-13)21-11-15(19)18-12-16(20)9-3-1-2-4-10-16/h5-8,20H,1-4,9-12H2,(H,18,19). The van der Waals surface area contributed by atoms with Crippen LogP contribution in [0.15, 0.2) is 29.2 Å². The van der Waals surface area contributed by atoms with Crippen molar-refractivity contribution < 1.29 is 14.3 Å². The summed E-state index contributed by atoms with van der Waals surface area (Å²) in [6, 6.07) is 6.08. The van der Waals surface area contributed by atoms with Crippen molar-refractivity contribution in [1.29, 1.82) is 0 Å². The Balaban J connectivity index is 1.72. The third-order valence-electron chi connectivity index (χ3n) is 3.83. The molecule has 0 aliphatic heterocycles. The third kappa shape index (κ3) is 5.67. The Hall–Kier alpha value is -1.07. The quantitative estimate of drug-likeness (QED) is 0.649. The molecule has 1 aromatic rings. The molecule has 21 heavy (non-hydrogen) atoms. The fourth-order valence-corrected chi connectivity index (χ4v) is 3.29. The molecule has 0 saturated heterocycles. The molecule has 2 N–H and O–H groups in total. The first kappa shape index (κ1) is 16.3. The third-order valence-corrected chi connectivity index (χ3v) is 4.84. The predicted octanol–water partition coefficient (Wildman–Crippen LogP) is 3.12. The largest absolute Gasteiger partial charge is 0.388 e. The van der Waals surface area contributed by atoms with Gasteiger partial charge < -0.3 is 10.4 Å². The second kappa shape index (κ2) is 7.80. The topological polar surface area (TPSA) is 49.3 Å². The normalized spacial score (nSPS) is 18.0. The monoisotopic (exact) mass is 311 g/mol. The highest BCUT2D eigenvalue weighted by Gasteiger charge is 2.28. The van der Waals surface area contributed by atoms with E-state index in [1.54, 1.807) is 12.1 Å².